The Labute approximate surface area is 136 Å². The van der Waals surface area contributed by atoms with Gasteiger partial charge in [0.15, 0.2) is 0 Å². The number of piperidine rings is 1. The van der Waals surface area contributed by atoms with Gasteiger partial charge in [0, 0.05) is 44.1 Å². The van der Waals surface area contributed by atoms with Crippen molar-refractivity contribution in [2.75, 3.05) is 19.6 Å². The zero-order chi connectivity index (χ0) is 16.1. The fourth-order valence-corrected chi connectivity index (χ4v) is 2.92. The van der Waals surface area contributed by atoms with Crippen molar-refractivity contribution in [2.45, 2.75) is 32.2 Å². The smallest absolute Gasteiger partial charge is 0.317 e. The SMILES string of the molecule is Cc1cnn(C2CCN(C(=O)NCCc3ccccn3)CC2)c1. The third-order valence-electron chi connectivity index (χ3n) is 4.24. The normalized spacial score (nSPS) is 15.6. The second-order valence-electron chi connectivity index (χ2n) is 6.02. The number of rotatable bonds is 4. The van der Waals surface area contributed by atoms with Gasteiger partial charge in [-0.25, -0.2) is 4.79 Å². The highest BCUT2D eigenvalue weighted by Gasteiger charge is 2.23. The van der Waals surface area contributed by atoms with Crippen molar-refractivity contribution < 1.29 is 4.79 Å². The lowest BCUT2D eigenvalue weighted by molar-refractivity contribution is 0.169. The van der Waals surface area contributed by atoms with E-state index in [-0.39, 0.29) is 6.03 Å². The number of carbonyl (C=O) groups is 1. The highest BCUT2D eigenvalue weighted by Crippen LogP contribution is 2.21. The van der Waals surface area contributed by atoms with Crippen LogP contribution in [0, 0.1) is 6.92 Å². The zero-order valence-corrected chi connectivity index (χ0v) is 13.5. The Kier molecular flexibility index (Phi) is 4.90. The molecule has 0 aromatic carbocycles. The van der Waals surface area contributed by atoms with E-state index in [0.29, 0.717) is 12.6 Å². The highest BCUT2D eigenvalue weighted by atomic mass is 16.2. The number of amides is 2. The van der Waals surface area contributed by atoms with Crippen molar-refractivity contribution >= 4 is 6.03 Å². The molecule has 0 atom stereocenters. The van der Waals surface area contributed by atoms with Gasteiger partial charge in [0.2, 0.25) is 0 Å². The average molecular weight is 313 g/mol. The third-order valence-corrected chi connectivity index (χ3v) is 4.24. The number of nitrogens with one attached hydrogen (secondary N) is 1. The van der Waals surface area contributed by atoms with E-state index in [9.17, 15) is 4.79 Å². The fourth-order valence-electron chi connectivity index (χ4n) is 2.92. The van der Waals surface area contributed by atoms with Crippen LogP contribution in [0.15, 0.2) is 36.8 Å². The van der Waals surface area contributed by atoms with Gasteiger partial charge in [0.1, 0.15) is 0 Å². The maximum atomic E-state index is 12.2. The van der Waals surface area contributed by atoms with Crippen LogP contribution in [0.5, 0.6) is 0 Å². The minimum atomic E-state index is 0.0241. The van der Waals surface area contributed by atoms with Gasteiger partial charge in [-0.15, -0.1) is 0 Å². The lowest BCUT2D eigenvalue weighted by Gasteiger charge is -2.32. The van der Waals surface area contributed by atoms with E-state index in [1.807, 2.05) is 40.9 Å². The first-order valence-electron chi connectivity index (χ1n) is 8.16. The molecule has 1 saturated heterocycles. The third kappa shape index (κ3) is 4.09. The molecule has 1 aliphatic heterocycles. The molecule has 0 spiro atoms. The molecule has 1 fully saturated rings. The summed E-state index contributed by atoms with van der Waals surface area (Å²) in [4.78, 5) is 18.4. The van der Waals surface area contributed by atoms with E-state index in [0.717, 1.165) is 38.0 Å². The molecule has 6 nitrogen and oxygen atoms in total. The van der Waals surface area contributed by atoms with Crippen molar-refractivity contribution in [3.63, 3.8) is 0 Å². The first-order chi connectivity index (χ1) is 11.2. The van der Waals surface area contributed by atoms with E-state index in [1.54, 1.807) is 6.20 Å². The van der Waals surface area contributed by atoms with E-state index in [4.69, 9.17) is 0 Å². The molecular formula is C17H23N5O. The van der Waals surface area contributed by atoms with Crippen molar-refractivity contribution in [1.82, 2.24) is 25.0 Å². The quantitative estimate of drug-likeness (QED) is 0.941. The molecule has 122 valence electrons. The Morgan fingerprint density at radius 1 is 1.35 bits per heavy atom. The summed E-state index contributed by atoms with van der Waals surface area (Å²) in [6.45, 7) is 4.22. The molecule has 0 bridgehead atoms. The average Bonchev–Trinajstić information content (AvgIpc) is 3.02. The molecule has 23 heavy (non-hydrogen) atoms. The summed E-state index contributed by atoms with van der Waals surface area (Å²) < 4.78 is 2.03. The van der Waals surface area contributed by atoms with Crippen LogP contribution in [0.3, 0.4) is 0 Å². The summed E-state index contributed by atoms with van der Waals surface area (Å²) in [5, 5.41) is 7.37. The van der Waals surface area contributed by atoms with Crippen LogP contribution in [-0.2, 0) is 6.42 Å². The Bertz CT molecular complexity index is 631. The van der Waals surface area contributed by atoms with Crippen molar-refractivity contribution in [3.8, 4) is 0 Å². The zero-order valence-electron chi connectivity index (χ0n) is 13.5. The van der Waals surface area contributed by atoms with Gasteiger partial charge in [-0.2, -0.15) is 5.10 Å². The first-order valence-corrected chi connectivity index (χ1v) is 8.16. The predicted octanol–water partition coefficient (Wildman–Crippen LogP) is 2.18. The molecule has 3 heterocycles. The summed E-state index contributed by atoms with van der Waals surface area (Å²) in [5.74, 6) is 0. The van der Waals surface area contributed by atoms with Crippen LogP contribution in [0.2, 0.25) is 0 Å². The largest absolute Gasteiger partial charge is 0.338 e. The number of pyridine rings is 1. The summed E-state index contributed by atoms with van der Waals surface area (Å²) >= 11 is 0. The van der Waals surface area contributed by atoms with Gasteiger partial charge in [0.05, 0.1) is 12.2 Å². The highest BCUT2D eigenvalue weighted by molar-refractivity contribution is 5.74. The van der Waals surface area contributed by atoms with Crippen molar-refractivity contribution in [2.24, 2.45) is 0 Å². The van der Waals surface area contributed by atoms with Gasteiger partial charge >= 0.3 is 6.03 Å². The number of urea groups is 1. The van der Waals surface area contributed by atoms with E-state index >= 15 is 0 Å². The number of aromatic nitrogens is 3. The number of carbonyl (C=O) groups excluding carboxylic acids is 1. The lowest BCUT2D eigenvalue weighted by atomic mass is 10.1. The Morgan fingerprint density at radius 3 is 2.83 bits per heavy atom. The van der Waals surface area contributed by atoms with Gasteiger partial charge < -0.3 is 10.2 Å². The topological polar surface area (TPSA) is 63.1 Å². The Balaban J connectivity index is 1.41. The number of aryl methyl sites for hydroxylation is 1. The van der Waals surface area contributed by atoms with Crippen LogP contribution in [0.4, 0.5) is 4.79 Å². The van der Waals surface area contributed by atoms with E-state index in [2.05, 4.69) is 21.6 Å². The molecule has 6 heteroatoms. The van der Waals surface area contributed by atoms with E-state index < -0.39 is 0 Å². The molecule has 1 aliphatic rings. The molecule has 0 radical (unpaired) electrons. The predicted molar refractivity (Wildman–Crippen MR) is 88.1 cm³/mol. The second kappa shape index (κ2) is 7.26. The molecule has 2 aromatic rings. The van der Waals surface area contributed by atoms with Crippen LogP contribution < -0.4 is 5.32 Å². The maximum Gasteiger partial charge on any atom is 0.317 e. The molecule has 1 N–H and O–H groups in total. The minimum absolute atomic E-state index is 0.0241. The summed E-state index contributed by atoms with van der Waals surface area (Å²) in [6, 6.07) is 6.26. The maximum absolute atomic E-state index is 12.2. The standard InChI is InChI=1S/C17H23N5O/c1-14-12-20-22(13-14)16-6-10-21(11-7-16)17(23)19-9-5-15-4-2-3-8-18-15/h2-4,8,12-13,16H,5-7,9-11H2,1H3,(H,19,23). The number of nitrogens with zero attached hydrogens (tertiary/aromatic N) is 4. The molecular weight excluding hydrogens is 290 g/mol. The van der Waals surface area contributed by atoms with Crippen molar-refractivity contribution in [1.29, 1.82) is 0 Å². The van der Waals surface area contributed by atoms with Gasteiger partial charge in [-0.3, -0.25) is 9.67 Å². The second-order valence-corrected chi connectivity index (χ2v) is 6.02. The Hall–Kier alpha value is -2.37. The molecule has 0 saturated carbocycles. The molecule has 0 unspecified atom stereocenters. The van der Waals surface area contributed by atoms with Gasteiger partial charge in [0.25, 0.3) is 0 Å². The van der Waals surface area contributed by atoms with Crippen LogP contribution in [0.25, 0.3) is 0 Å². The molecule has 2 amide bonds. The van der Waals surface area contributed by atoms with Crippen LogP contribution in [0.1, 0.15) is 30.1 Å². The summed E-state index contributed by atoms with van der Waals surface area (Å²) in [5.41, 5.74) is 2.18. The minimum Gasteiger partial charge on any atom is -0.338 e. The number of hydrogen-bond acceptors (Lipinski definition) is 3. The van der Waals surface area contributed by atoms with Crippen LogP contribution in [-0.4, -0.2) is 45.3 Å². The van der Waals surface area contributed by atoms with Gasteiger partial charge in [-0.1, -0.05) is 6.07 Å². The fraction of sp³-hybridized carbons (Fsp3) is 0.471. The van der Waals surface area contributed by atoms with E-state index in [1.165, 1.54) is 5.56 Å². The molecule has 2 aromatic heterocycles. The first kappa shape index (κ1) is 15.5. The van der Waals surface area contributed by atoms with Crippen molar-refractivity contribution in [3.05, 3.63) is 48.0 Å². The monoisotopic (exact) mass is 313 g/mol. The number of likely N-dealkylation sites (tertiary alicyclic amines) is 1. The summed E-state index contributed by atoms with van der Waals surface area (Å²) in [7, 11) is 0. The molecule has 0 aliphatic carbocycles. The van der Waals surface area contributed by atoms with Gasteiger partial charge in [-0.05, 0) is 37.5 Å². The molecule has 3 rings (SSSR count). The number of hydrogen-bond donors (Lipinski definition) is 1. The Morgan fingerprint density at radius 2 is 2.17 bits per heavy atom. The lowest BCUT2D eigenvalue weighted by Crippen LogP contribution is -2.45. The summed E-state index contributed by atoms with van der Waals surface area (Å²) in [6.07, 6.45) is 8.40. The van der Waals surface area contributed by atoms with Crippen LogP contribution >= 0.6 is 0 Å².